The molecular weight excluding hydrogens is 437 g/mol. The number of alkyl halides is 3. The number of imidazole rings is 1. The van der Waals surface area contributed by atoms with Gasteiger partial charge < -0.3 is 15.7 Å². The maximum Gasteiger partial charge on any atom is 0.405 e. The van der Waals surface area contributed by atoms with E-state index < -0.39 is 24.7 Å². The molecule has 4 rings (SSSR count). The maximum atomic E-state index is 12.3. The summed E-state index contributed by atoms with van der Waals surface area (Å²) < 4.78 is 38.6. The van der Waals surface area contributed by atoms with Crippen LogP contribution in [0, 0.1) is 0 Å². The number of benzene rings is 3. The van der Waals surface area contributed by atoms with Gasteiger partial charge in [0, 0.05) is 11.4 Å². The van der Waals surface area contributed by atoms with Crippen LogP contribution < -0.4 is 10.6 Å². The Hall–Kier alpha value is -4.34. The number of hydrogen-bond acceptors (Lipinski definition) is 3. The molecule has 0 radical (unpaired) electrons. The van der Waals surface area contributed by atoms with Crippen LogP contribution in [0.5, 0.6) is 0 Å². The number of carbonyl (C=O) groups excluding carboxylic acids is 1. The molecule has 168 valence electrons. The van der Waals surface area contributed by atoms with Gasteiger partial charge in [0.05, 0.1) is 16.6 Å². The molecule has 0 aliphatic carbocycles. The summed E-state index contributed by atoms with van der Waals surface area (Å²) in [6, 6.07) is 17.8. The van der Waals surface area contributed by atoms with Gasteiger partial charge in [0.2, 0.25) is 0 Å². The Balaban J connectivity index is 1.56. The first-order valence-corrected chi connectivity index (χ1v) is 9.72. The third-order valence-electron chi connectivity index (χ3n) is 4.84. The van der Waals surface area contributed by atoms with E-state index in [0.717, 1.165) is 16.6 Å². The average molecular weight is 454 g/mol. The maximum absolute atomic E-state index is 12.3. The van der Waals surface area contributed by atoms with Crippen LogP contribution in [0.25, 0.3) is 27.8 Å². The highest BCUT2D eigenvalue weighted by Crippen LogP contribution is 2.26. The number of anilines is 1. The largest absolute Gasteiger partial charge is 0.478 e. The van der Waals surface area contributed by atoms with Gasteiger partial charge in [-0.25, -0.2) is 14.6 Å². The van der Waals surface area contributed by atoms with E-state index in [4.69, 9.17) is 5.11 Å². The summed E-state index contributed by atoms with van der Waals surface area (Å²) in [6.07, 6.45) is -2.89. The third kappa shape index (κ3) is 5.12. The number of nitrogens with zero attached hydrogens (tertiary/aromatic N) is 2. The molecule has 0 aliphatic heterocycles. The average Bonchev–Trinajstić information content (AvgIpc) is 3.21. The zero-order chi connectivity index (χ0) is 23.6. The van der Waals surface area contributed by atoms with Crippen molar-refractivity contribution in [3.05, 3.63) is 78.6 Å². The van der Waals surface area contributed by atoms with Crippen LogP contribution >= 0.6 is 0 Å². The van der Waals surface area contributed by atoms with Crippen LogP contribution in [0.4, 0.5) is 23.7 Å². The first-order chi connectivity index (χ1) is 15.7. The molecule has 0 saturated heterocycles. The van der Waals surface area contributed by atoms with Gasteiger partial charge in [-0.05, 0) is 53.6 Å². The fourth-order valence-electron chi connectivity index (χ4n) is 3.29. The van der Waals surface area contributed by atoms with Gasteiger partial charge in [0.15, 0.2) is 0 Å². The minimum Gasteiger partial charge on any atom is -0.478 e. The topological polar surface area (TPSA) is 96.3 Å². The molecule has 0 aliphatic rings. The van der Waals surface area contributed by atoms with E-state index in [9.17, 15) is 22.8 Å². The Morgan fingerprint density at radius 3 is 2.39 bits per heavy atom. The van der Waals surface area contributed by atoms with E-state index in [1.54, 1.807) is 52.6 Å². The Morgan fingerprint density at radius 1 is 0.970 bits per heavy atom. The van der Waals surface area contributed by atoms with Crippen molar-refractivity contribution in [3.8, 4) is 16.8 Å². The van der Waals surface area contributed by atoms with Gasteiger partial charge in [0.25, 0.3) is 0 Å². The third-order valence-corrected chi connectivity index (χ3v) is 4.84. The molecule has 2 amide bonds. The van der Waals surface area contributed by atoms with Crippen molar-refractivity contribution >= 4 is 28.7 Å². The summed E-state index contributed by atoms with van der Waals surface area (Å²) in [6.45, 7) is -1.42. The molecule has 3 N–H and O–H groups in total. The van der Waals surface area contributed by atoms with Crippen LogP contribution in [0.15, 0.2) is 73.1 Å². The molecule has 0 atom stereocenters. The summed E-state index contributed by atoms with van der Waals surface area (Å²) in [5.41, 5.74) is 4.35. The fraction of sp³-hybridized carbons (Fsp3) is 0.0870. The summed E-state index contributed by atoms with van der Waals surface area (Å²) in [5, 5.41) is 13.2. The van der Waals surface area contributed by atoms with Crippen LogP contribution in [0.1, 0.15) is 10.4 Å². The van der Waals surface area contributed by atoms with Crippen LogP contribution in [0.3, 0.4) is 0 Å². The Bertz CT molecular complexity index is 1330. The van der Waals surface area contributed by atoms with Crippen LogP contribution in [0.2, 0.25) is 0 Å². The number of aromatic carboxylic acids is 1. The van der Waals surface area contributed by atoms with E-state index in [1.807, 2.05) is 18.2 Å². The highest BCUT2D eigenvalue weighted by Gasteiger charge is 2.27. The van der Waals surface area contributed by atoms with Gasteiger partial charge in [-0.3, -0.25) is 4.57 Å². The molecule has 0 spiro atoms. The van der Waals surface area contributed by atoms with Crippen LogP contribution in [-0.2, 0) is 0 Å². The molecule has 10 heteroatoms. The zero-order valence-corrected chi connectivity index (χ0v) is 16.9. The van der Waals surface area contributed by atoms with Crippen molar-refractivity contribution in [2.24, 2.45) is 0 Å². The highest BCUT2D eigenvalue weighted by molar-refractivity contribution is 5.90. The molecule has 0 unspecified atom stereocenters. The van der Waals surface area contributed by atoms with Crippen LogP contribution in [-0.4, -0.2) is 39.4 Å². The fourth-order valence-corrected chi connectivity index (χ4v) is 3.29. The van der Waals surface area contributed by atoms with Crippen molar-refractivity contribution in [1.82, 2.24) is 14.9 Å². The predicted molar refractivity (Wildman–Crippen MR) is 117 cm³/mol. The Morgan fingerprint density at radius 2 is 1.70 bits per heavy atom. The molecule has 0 bridgehead atoms. The Kier molecular flexibility index (Phi) is 5.74. The van der Waals surface area contributed by atoms with E-state index in [0.29, 0.717) is 16.9 Å². The molecular formula is C23H17F3N4O3. The quantitative estimate of drug-likeness (QED) is 0.392. The summed E-state index contributed by atoms with van der Waals surface area (Å²) >= 11 is 0. The number of carbonyl (C=O) groups is 2. The van der Waals surface area contributed by atoms with Crippen molar-refractivity contribution in [2.75, 3.05) is 11.9 Å². The number of fused-ring (bicyclic) bond motifs is 1. The monoisotopic (exact) mass is 454 g/mol. The van der Waals surface area contributed by atoms with Crippen molar-refractivity contribution in [3.63, 3.8) is 0 Å². The second-order valence-corrected chi connectivity index (χ2v) is 7.17. The van der Waals surface area contributed by atoms with Gasteiger partial charge in [-0.15, -0.1) is 0 Å². The number of carboxylic acid groups (broad SMARTS) is 1. The molecule has 1 heterocycles. The molecule has 4 aromatic rings. The second-order valence-electron chi connectivity index (χ2n) is 7.17. The number of urea groups is 1. The lowest BCUT2D eigenvalue weighted by atomic mass is 10.0. The predicted octanol–water partition coefficient (Wildman–Crippen LogP) is 5.07. The number of amides is 2. The summed E-state index contributed by atoms with van der Waals surface area (Å²) in [4.78, 5) is 27.2. The molecule has 33 heavy (non-hydrogen) atoms. The SMILES string of the molecule is O=C(NCC(F)(F)F)Nc1cccc(-n2cnc3cc(-c4ccc(C(=O)O)cc4)ccc32)c1. The minimum atomic E-state index is -4.49. The second kappa shape index (κ2) is 8.65. The molecule has 3 aromatic carbocycles. The summed E-state index contributed by atoms with van der Waals surface area (Å²) in [5.74, 6) is -0.995. The Labute approximate surface area is 185 Å². The number of aromatic nitrogens is 2. The van der Waals surface area contributed by atoms with Gasteiger partial charge in [0.1, 0.15) is 12.9 Å². The van der Waals surface area contributed by atoms with Crippen molar-refractivity contribution in [1.29, 1.82) is 0 Å². The number of nitrogens with one attached hydrogen (secondary N) is 2. The molecule has 1 aromatic heterocycles. The van der Waals surface area contributed by atoms with Crippen molar-refractivity contribution in [2.45, 2.75) is 6.18 Å². The first-order valence-electron chi connectivity index (χ1n) is 9.72. The molecule has 0 saturated carbocycles. The standard InChI is InChI=1S/C23H17F3N4O3/c24-23(25,26)12-27-22(33)29-17-2-1-3-18(11-17)30-13-28-19-10-16(8-9-20(19)30)14-4-6-15(7-5-14)21(31)32/h1-11,13H,12H2,(H,31,32)(H2,27,29,33). The zero-order valence-electron chi connectivity index (χ0n) is 16.9. The highest BCUT2D eigenvalue weighted by atomic mass is 19.4. The normalized spacial score (nSPS) is 11.4. The number of hydrogen-bond donors (Lipinski definition) is 3. The van der Waals surface area contributed by atoms with Gasteiger partial charge >= 0.3 is 18.2 Å². The van der Waals surface area contributed by atoms with Crippen molar-refractivity contribution < 1.29 is 27.9 Å². The lowest BCUT2D eigenvalue weighted by Gasteiger charge is -2.11. The van der Waals surface area contributed by atoms with E-state index in [2.05, 4.69) is 10.3 Å². The molecule has 7 nitrogen and oxygen atoms in total. The smallest absolute Gasteiger partial charge is 0.405 e. The van der Waals surface area contributed by atoms with E-state index in [1.165, 1.54) is 12.1 Å². The lowest BCUT2D eigenvalue weighted by Crippen LogP contribution is -2.36. The van der Waals surface area contributed by atoms with E-state index in [-0.39, 0.29) is 5.56 Å². The van der Waals surface area contributed by atoms with E-state index >= 15 is 0 Å². The van der Waals surface area contributed by atoms with Gasteiger partial charge in [-0.2, -0.15) is 13.2 Å². The van der Waals surface area contributed by atoms with Gasteiger partial charge in [-0.1, -0.05) is 24.3 Å². The molecule has 0 fully saturated rings. The lowest BCUT2D eigenvalue weighted by molar-refractivity contribution is -0.122. The summed E-state index contributed by atoms with van der Waals surface area (Å²) in [7, 11) is 0. The number of rotatable bonds is 5. The number of halogens is 3. The number of carboxylic acids is 1. The minimum absolute atomic E-state index is 0.199. The first kappa shape index (κ1) is 21.9.